The van der Waals surface area contributed by atoms with Crippen LogP contribution in [-0.2, 0) is 0 Å². The number of aromatic nitrogens is 7. The maximum Gasteiger partial charge on any atom is 0.291 e. The minimum absolute atomic E-state index is 0.00494. The summed E-state index contributed by atoms with van der Waals surface area (Å²) in [5, 5.41) is 11.7. The second-order valence-electron chi connectivity index (χ2n) is 10.8. The predicted octanol–water partition coefficient (Wildman–Crippen LogP) is 4.38. The van der Waals surface area contributed by atoms with Crippen LogP contribution in [0.2, 0.25) is 0 Å². The lowest BCUT2D eigenvalue weighted by Gasteiger charge is -2.38. The summed E-state index contributed by atoms with van der Waals surface area (Å²) in [7, 11) is 0. The highest BCUT2D eigenvalue weighted by atomic mass is 16.2. The second kappa shape index (κ2) is 10.3. The number of aliphatic imine (C=N–C) groups is 1. The molecule has 2 aliphatic rings. The smallest absolute Gasteiger partial charge is 0.291 e. The third-order valence-corrected chi connectivity index (χ3v) is 8.40. The van der Waals surface area contributed by atoms with Gasteiger partial charge >= 0.3 is 0 Å². The van der Waals surface area contributed by atoms with Crippen LogP contribution in [0.1, 0.15) is 66.0 Å². The van der Waals surface area contributed by atoms with Crippen molar-refractivity contribution in [2.75, 3.05) is 0 Å². The number of H-pyrrole nitrogens is 2. The number of nitrogens with zero attached hydrogens (tertiary/aromatic N) is 7. The quantitative estimate of drug-likeness (QED) is 0.296. The fourth-order valence-electron chi connectivity index (χ4n) is 6.49. The minimum atomic E-state index is -0.130. The van der Waals surface area contributed by atoms with Crippen LogP contribution in [0.5, 0.6) is 0 Å². The average molecular weight is 560 g/mol. The number of fused-ring (bicyclic) bond motifs is 5. The van der Waals surface area contributed by atoms with E-state index in [9.17, 15) is 9.59 Å². The monoisotopic (exact) mass is 559 g/mol. The van der Waals surface area contributed by atoms with Crippen LogP contribution in [0.3, 0.4) is 0 Å². The lowest BCUT2D eigenvalue weighted by Crippen LogP contribution is -2.46. The van der Waals surface area contributed by atoms with Crippen molar-refractivity contribution in [2.24, 2.45) is 4.99 Å². The number of amides is 1. The Balaban J connectivity index is 1.26. The molecule has 7 rings (SSSR count). The van der Waals surface area contributed by atoms with Gasteiger partial charge in [-0.05, 0) is 43.7 Å². The van der Waals surface area contributed by atoms with Crippen molar-refractivity contribution in [3.8, 4) is 0 Å². The number of hydrogen-bond acceptors (Lipinski definition) is 7. The van der Waals surface area contributed by atoms with E-state index in [4.69, 9.17) is 9.98 Å². The van der Waals surface area contributed by atoms with E-state index in [2.05, 4.69) is 31.8 Å². The van der Waals surface area contributed by atoms with Crippen LogP contribution in [-0.4, -0.2) is 63.9 Å². The van der Waals surface area contributed by atoms with Gasteiger partial charge in [0.1, 0.15) is 12.0 Å². The third kappa shape index (κ3) is 4.25. The zero-order chi connectivity index (χ0) is 28.8. The van der Waals surface area contributed by atoms with Crippen molar-refractivity contribution in [3.05, 3.63) is 101 Å². The topological polar surface area (TPSA) is 137 Å². The lowest BCUT2D eigenvalue weighted by molar-refractivity contribution is 0.0558. The largest absolute Gasteiger partial charge is 0.346 e. The zero-order valence-electron chi connectivity index (χ0n) is 23.1. The predicted molar refractivity (Wildman–Crippen MR) is 160 cm³/mol. The number of piperidine rings is 1. The lowest BCUT2D eigenvalue weighted by atomic mass is 9.86. The fraction of sp³-hybridized carbons (Fsp3) is 0.258. The Morgan fingerprint density at radius 2 is 1.93 bits per heavy atom. The van der Waals surface area contributed by atoms with Gasteiger partial charge in [-0.1, -0.05) is 43.0 Å². The molecule has 11 nitrogen and oxygen atoms in total. The molecule has 1 amide bonds. The summed E-state index contributed by atoms with van der Waals surface area (Å²) in [6, 6.07) is 11.5. The molecule has 6 heterocycles. The van der Waals surface area contributed by atoms with Crippen molar-refractivity contribution in [1.29, 1.82) is 0 Å². The molecule has 0 saturated carbocycles. The Morgan fingerprint density at radius 3 is 2.64 bits per heavy atom. The number of benzene rings is 1. The van der Waals surface area contributed by atoms with Gasteiger partial charge in [-0.15, -0.1) is 0 Å². The summed E-state index contributed by atoms with van der Waals surface area (Å²) in [6.07, 6.45) is 11.6. The number of rotatable bonds is 6. The van der Waals surface area contributed by atoms with Crippen LogP contribution in [0, 0.1) is 0 Å². The first-order valence-corrected chi connectivity index (χ1v) is 14.1. The van der Waals surface area contributed by atoms with Gasteiger partial charge in [-0.2, -0.15) is 14.7 Å². The summed E-state index contributed by atoms with van der Waals surface area (Å²) >= 11 is 0. The Morgan fingerprint density at radius 1 is 1.14 bits per heavy atom. The molecule has 5 aromatic rings. The van der Waals surface area contributed by atoms with E-state index in [1.165, 1.54) is 12.4 Å². The van der Waals surface area contributed by atoms with Crippen LogP contribution in [0.4, 0.5) is 0 Å². The summed E-state index contributed by atoms with van der Waals surface area (Å²) in [5.41, 5.74) is 5.04. The Hall–Kier alpha value is -5.19. The first-order valence-electron chi connectivity index (χ1n) is 14.1. The molecule has 2 unspecified atom stereocenters. The molecular formula is C31H29N9O2. The van der Waals surface area contributed by atoms with Crippen molar-refractivity contribution < 1.29 is 4.79 Å². The molecule has 4 aromatic heterocycles. The Kier molecular flexibility index (Phi) is 6.34. The normalized spacial score (nSPS) is 20.6. The highest BCUT2D eigenvalue weighted by molar-refractivity contribution is 6.12. The molecule has 2 aliphatic heterocycles. The first-order chi connectivity index (χ1) is 20.5. The molecule has 2 atom stereocenters. The first kappa shape index (κ1) is 25.8. The molecule has 2 saturated heterocycles. The van der Waals surface area contributed by atoms with E-state index >= 15 is 0 Å². The van der Waals surface area contributed by atoms with E-state index in [0.717, 1.165) is 35.4 Å². The molecular weight excluding hydrogens is 530 g/mol. The standard InChI is InChI=1S/C31H29N9O2/c1-3-24(19-7-5-4-6-8-19)33-15-18(2)23-16-36-40-29(23)37-27(26-25(41)11-12-32-30(26)40)20-13-21-9-10-22(14-20)39(21)31(42)28-34-17-35-38-28/h3-8,11-12,15-17,20-22H,2,9-10,13-14H2,1H3,(H,32,41)(H,34,35,38)/b24-3-,33-15?. The highest BCUT2D eigenvalue weighted by Gasteiger charge is 2.45. The number of pyridine rings is 1. The molecule has 42 heavy (non-hydrogen) atoms. The summed E-state index contributed by atoms with van der Waals surface area (Å²) in [5.74, 6) is 0.119. The third-order valence-electron chi connectivity index (χ3n) is 8.40. The maximum atomic E-state index is 13.2. The fourth-order valence-corrected chi connectivity index (χ4v) is 6.49. The molecule has 210 valence electrons. The summed E-state index contributed by atoms with van der Waals surface area (Å²) in [4.78, 5) is 45.5. The van der Waals surface area contributed by atoms with Crippen LogP contribution >= 0.6 is 0 Å². The van der Waals surface area contributed by atoms with Crippen molar-refractivity contribution in [2.45, 2.75) is 50.6 Å². The van der Waals surface area contributed by atoms with Crippen molar-refractivity contribution in [1.82, 2.24) is 39.7 Å². The molecule has 11 heteroatoms. The molecule has 0 radical (unpaired) electrons. The van der Waals surface area contributed by atoms with E-state index in [-0.39, 0.29) is 35.2 Å². The number of allylic oxidation sites excluding steroid dienone is 2. The summed E-state index contributed by atoms with van der Waals surface area (Å²) in [6.45, 7) is 6.22. The van der Waals surface area contributed by atoms with Gasteiger partial charge in [-0.3, -0.25) is 19.7 Å². The van der Waals surface area contributed by atoms with Crippen LogP contribution in [0.25, 0.3) is 28.0 Å². The van der Waals surface area contributed by atoms with Gasteiger partial charge < -0.3 is 9.88 Å². The van der Waals surface area contributed by atoms with Crippen LogP contribution in [0.15, 0.2) is 77.6 Å². The van der Waals surface area contributed by atoms with Gasteiger partial charge in [-0.25, -0.2) is 9.97 Å². The zero-order valence-corrected chi connectivity index (χ0v) is 23.1. The summed E-state index contributed by atoms with van der Waals surface area (Å²) < 4.78 is 1.67. The van der Waals surface area contributed by atoms with Gasteiger partial charge in [0.15, 0.2) is 11.1 Å². The molecule has 2 bridgehead atoms. The minimum Gasteiger partial charge on any atom is -0.346 e. The number of carbonyl (C=O) groups excluding carboxylic acids is 1. The number of carbonyl (C=O) groups is 1. The highest BCUT2D eigenvalue weighted by Crippen LogP contribution is 2.44. The van der Waals surface area contributed by atoms with Crippen LogP contribution < -0.4 is 5.43 Å². The van der Waals surface area contributed by atoms with E-state index in [0.29, 0.717) is 35.1 Å². The molecule has 0 aliphatic carbocycles. The van der Waals surface area contributed by atoms with Gasteiger partial charge in [0.25, 0.3) is 5.91 Å². The van der Waals surface area contributed by atoms with Gasteiger partial charge in [0, 0.05) is 42.0 Å². The molecule has 1 aromatic carbocycles. The van der Waals surface area contributed by atoms with E-state index < -0.39 is 0 Å². The number of nitrogens with one attached hydrogen (secondary N) is 2. The molecule has 0 spiro atoms. The van der Waals surface area contributed by atoms with E-state index in [1.807, 2.05) is 48.2 Å². The SMILES string of the molecule is C=C(C=N/C(=C\C)c1ccccc1)c1cnn2c1nc(C1CC3CCC(C1)N3C(=O)c1ncn[nH]1)c1c(=O)cc[nH]c12. The number of aromatic amines is 2. The van der Waals surface area contributed by atoms with Crippen molar-refractivity contribution >= 4 is 40.1 Å². The van der Waals surface area contributed by atoms with Crippen molar-refractivity contribution in [3.63, 3.8) is 0 Å². The van der Waals surface area contributed by atoms with Gasteiger partial charge in [0.05, 0.1) is 23.0 Å². The maximum absolute atomic E-state index is 13.2. The van der Waals surface area contributed by atoms with Gasteiger partial charge in [0.2, 0.25) is 5.82 Å². The molecule has 2 fully saturated rings. The Bertz CT molecular complexity index is 1920. The second-order valence-corrected chi connectivity index (χ2v) is 10.8. The van der Waals surface area contributed by atoms with E-state index in [1.54, 1.807) is 23.1 Å². The number of hydrogen-bond donors (Lipinski definition) is 2. The molecule has 2 N–H and O–H groups in total. The Labute approximate surface area is 240 Å². The average Bonchev–Trinajstić information content (AvgIpc) is 3.76.